The summed E-state index contributed by atoms with van der Waals surface area (Å²) in [6, 6.07) is 5.24. The normalized spacial score (nSPS) is 15.0. The van der Waals surface area contributed by atoms with Gasteiger partial charge in [0.25, 0.3) is 5.91 Å². The van der Waals surface area contributed by atoms with Crippen LogP contribution >= 0.6 is 0 Å². The first-order chi connectivity index (χ1) is 12.0. The van der Waals surface area contributed by atoms with E-state index in [1.165, 1.54) is 31.4 Å². The minimum atomic E-state index is -0.834. The van der Waals surface area contributed by atoms with Crippen LogP contribution in [0.4, 0.5) is 20.3 Å². The largest absolute Gasteiger partial charge is 0.367 e. The number of para-hydroxylation sites is 1. The second-order valence-electron chi connectivity index (χ2n) is 6.22. The molecule has 1 fully saturated rings. The van der Waals surface area contributed by atoms with Crippen LogP contribution in [0, 0.1) is 18.6 Å². The lowest BCUT2D eigenvalue weighted by Gasteiger charge is -2.23. The van der Waals surface area contributed by atoms with Gasteiger partial charge >= 0.3 is 0 Å². The quantitative estimate of drug-likeness (QED) is 0.876. The number of rotatable bonds is 4. The van der Waals surface area contributed by atoms with E-state index in [0.717, 1.165) is 25.0 Å². The van der Waals surface area contributed by atoms with Crippen molar-refractivity contribution >= 4 is 17.4 Å². The molecule has 132 valence electrons. The standard InChI is InChI=1S/C18H20F2N4O/c1-11-21-15(10-16(22-11)23-12-6-3-2-4-7-12)18(25)24-17-13(19)8-5-9-14(17)20/h5,8-10,12H,2-4,6-7H2,1H3,(H,24,25)(H,21,22,23). The van der Waals surface area contributed by atoms with Crippen LogP contribution < -0.4 is 10.6 Å². The fourth-order valence-electron chi connectivity index (χ4n) is 3.01. The highest BCUT2D eigenvalue weighted by Crippen LogP contribution is 2.22. The van der Waals surface area contributed by atoms with Crippen molar-refractivity contribution in [2.45, 2.75) is 45.1 Å². The van der Waals surface area contributed by atoms with E-state index in [0.29, 0.717) is 17.7 Å². The number of hydrogen-bond acceptors (Lipinski definition) is 4. The number of aromatic nitrogens is 2. The van der Waals surface area contributed by atoms with E-state index in [1.807, 2.05) is 0 Å². The zero-order valence-electron chi connectivity index (χ0n) is 14.0. The maximum absolute atomic E-state index is 13.7. The van der Waals surface area contributed by atoms with Crippen LogP contribution in [0.15, 0.2) is 24.3 Å². The number of amides is 1. The third kappa shape index (κ3) is 4.29. The Kier molecular flexibility index (Phi) is 5.21. The van der Waals surface area contributed by atoms with Gasteiger partial charge in [-0.1, -0.05) is 25.3 Å². The van der Waals surface area contributed by atoms with Gasteiger partial charge in [0.2, 0.25) is 0 Å². The molecule has 5 nitrogen and oxygen atoms in total. The number of halogens is 2. The lowest BCUT2D eigenvalue weighted by Crippen LogP contribution is -2.24. The molecular formula is C18H20F2N4O. The monoisotopic (exact) mass is 346 g/mol. The van der Waals surface area contributed by atoms with E-state index in [2.05, 4.69) is 20.6 Å². The van der Waals surface area contributed by atoms with Crippen molar-refractivity contribution in [2.75, 3.05) is 10.6 Å². The molecule has 1 aliphatic carbocycles. The van der Waals surface area contributed by atoms with Gasteiger partial charge in [0, 0.05) is 12.1 Å². The number of carbonyl (C=O) groups is 1. The van der Waals surface area contributed by atoms with Gasteiger partial charge in [-0.3, -0.25) is 4.79 Å². The number of carbonyl (C=O) groups excluding carboxylic acids is 1. The number of nitrogens with one attached hydrogen (secondary N) is 2. The molecule has 1 heterocycles. The maximum atomic E-state index is 13.7. The Hall–Kier alpha value is -2.57. The molecule has 0 spiro atoms. The Morgan fingerprint density at radius 1 is 1.12 bits per heavy atom. The summed E-state index contributed by atoms with van der Waals surface area (Å²) in [5.74, 6) is -1.38. The maximum Gasteiger partial charge on any atom is 0.274 e. The number of nitrogens with zero attached hydrogens (tertiary/aromatic N) is 2. The minimum Gasteiger partial charge on any atom is -0.367 e. The van der Waals surface area contributed by atoms with Crippen molar-refractivity contribution < 1.29 is 13.6 Å². The summed E-state index contributed by atoms with van der Waals surface area (Å²) in [5.41, 5.74) is -0.418. The van der Waals surface area contributed by atoms with Gasteiger partial charge in [-0.05, 0) is 31.9 Å². The molecule has 7 heteroatoms. The molecule has 25 heavy (non-hydrogen) atoms. The number of anilines is 2. The first kappa shape index (κ1) is 17.3. The van der Waals surface area contributed by atoms with E-state index < -0.39 is 23.2 Å². The van der Waals surface area contributed by atoms with E-state index in [4.69, 9.17) is 0 Å². The summed E-state index contributed by atoms with van der Waals surface area (Å²) in [5, 5.41) is 5.57. The molecule has 1 aromatic carbocycles. The van der Waals surface area contributed by atoms with Gasteiger partial charge < -0.3 is 10.6 Å². The summed E-state index contributed by atoms with van der Waals surface area (Å²) in [6.07, 6.45) is 5.70. The highest BCUT2D eigenvalue weighted by atomic mass is 19.1. The van der Waals surface area contributed by atoms with Gasteiger partial charge in [-0.15, -0.1) is 0 Å². The molecule has 1 saturated carbocycles. The Morgan fingerprint density at radius 3 is 2.48 bits per heavy atom. The van der Waals surface area contributed by atoms with Crippen LogP contribution in [0.2, 0.25) is 0 Å². The fourth-order valence-corrected chi connectivity index (χ4v) is 3.01. The van der Waals surface area contributed by atoms with E-state index in [9.17, 15) is 13.6 Å². The summed E-state index contributed by atoms with van der Waals surface area (Å²) in [6.45, 7) is 1.67. The predicted octanol–water partition coefficient (Wildman–Crippen LogP) is 4.06. The van der Waals surface area contributed by atoms with Crippen molar-refractivity contribution in [3.63, 3.8) is 0 Å². The molecule has 1 aromatic heterocycles. The molecule has 1 amide bonds. The first-order valence-electron chi connectivity index (χ1n) is 8.40. The van der Waals surface area contributed by atoms with Gasteiger partial charge in [0.15, 0.2) is 0 Å². The fraction of sp³-hybridized carbons (Fsp3) is 0.389. The summed E-state index contributed by atoms with van der Waals surface area (Å²) in [4.78, 5) is 20.7. The highest BCUT2D eigenvalue weighted by Gasteiger charge is 2.18. The van der Waals surface area contributed by atoms with Crippen LogP contribution in [0.5, 0.6) is 0 Å². The zero-order valence-corrected chi connectivity index (χ0v) is 14.0. The predicted molar refractivity (Wildman–Crippen MR) is 91.6 cm³/mol. The van der Waals surface area contributed by atoms with Crippen LogP contribution in [0.3, 0.4) is 0 Å². The second kappa shape index (κ2) is 7.55. The van der Waals surface area contributed by atoms with Crippen LogP contribution in [0.1, 0.15) is 48.4 Å². The molecule has 2 aromatic rings. The summed E-state index contributed by atoms with van der Waals surface area (Å²) >= 11 is 0. The molecule has 1 aliphatic rings. The van der Waals surface area contributed by atoms with Crippen molar-refractivity contribution in [2.24, 2.45) is 0 Å². The molecule has 0 saturated heterocycles. The van der Waals surface area contributed by atoms with Crippen LogP contribution in [-0.2, 0) is 0 Å². The average molecular weight is 346 g/mol. The molecule has 2 N–H and O–H groups in total. The number of benzene rings is 1. The Bertz CT molecular complexity index is 755. The zero-order chi connectivity index (χ0) is 17.8. The molecule has 0 aliphatic heterocycles. The van der Waals surface area contributed by atoms with Gasteiger partial charge in [0.1, 0.15) is 34.7 Å². The Balaban J connectivity index is 1.78. The topological polar surface area (TPSA) is 66.9 Å². The molecule has 3 rings (SSSR count). The van der Waals surface area contributed by atoms with Crippen molar-refractivity contribution in [3.8, 4) is 0 Å². The van der Waals surface area contributed by atoms with Crippen molar-refractivity contribution in [1.82, 2.24) is 9.97 Å². The smallest absolute Gasteiger partial charge is 0.274 e. The second-order valence-corrected chi connectivity index (χ2v) is 6.22. The number of hydrogen-bond donors (Lipinski definition) is 2. The lowest BCUT2D eigenvalue weighted by molar-refractivity contribution is 0.102. The van der Waals surface area contributed by atoms with Crippen molar-refractivity contribution in [1.29, 1.82) is 0 Å². The summed E-state index contributed by atoms with van der Waals surface area (Å²) in [7, 11) is 0. The van der Waals surface area contributed by atoms with Crippen molar-refractivity contribution in [3.05, 3.63) is 47.4 Å². The Morgan fingerprint density at radius 2 is 1.80 bits per heavy atom. The molecule has 0 radical (unpaired) electrons. The highest BCUT2D eigenvalue weighted by molar-refractivity contribution is 6.03. The van der Waals surface area contributed by atoms with Gasteiger partial charge in [0.05, 0.1) is 0 Å². The lowest BCUT2D eigenvalue weighted by atomic mass is 9.95. The third-order valence-electron chi connectivity index (χ3n) is 4.23. The first-order valence-corrected chi connectivity index (χ1v) is 8.40. The summed E-state index contributed by atoms with van der Waals surface area (Å²) < 4.78 is 27.4. The molecular weight excluding hydrogens is 326 g/mol. The average Bonchev–Trinajstić information content (AvgIpc) is 2.58. The van der Waals surface area contributed by atoms with Crippen LogP contribution in [-0.4, -0.2) is 21.9 Å². The van der Waals surface area contributed by atoms with E-state index in [1.54, 1.807) is 6.92 Å². The number of aryl methyl sites for hydroxylation is 1. The van der Waals surface area contributed by atoms with Gasteiger partial charge in [-0.25, -0.2) is 18.7 Å². The van der Waals surface area contributed by atoms with Gasteiger partial charge in [-0.2, -0.15) is 0 Å². The molecule has 0 unspecified atom stereocenters. The van der Waals surface area contributed by atoms with Crippen LogP contribution in [0.25, 0.3) is 0 Å². The molecule has 0 bridgehead atoms. The van der Waals surface area contributed by atoms with E-state index >= 15 is 0 Å². The Labute approximate surface area is 144 Å². The SMILES string of the molecule is Cc1nc(NC2CCCCC2)cc(C(=O)Nc2c(F)cccc2F)n1. The minimum absolute atomic E-state index is 0.0634. The van der Waals surface area contributed by atoms with E-state index in [-0.39, 0.29) is 5.69 Å². The third-order valence-corrected chi connectivity index (χ3v) is 4.23. The molecule has 0 atom stereocenters.